The van der Waals surface area contributed by atoms with Crippen LogP contribution in [0.1, 0.15) is 22.3 Å². The van der Waals surface area contributed by atoms with Gasteiger partial charge in [0.2, 0.25) is 0 Å². The third-order valence-electron chi connectivity index (χ3n) is 5.88. The fourth-order valence-electron chi connectivity index (χ4n) is 4.14. The first kappa shape index (κ1) is 22.9. The lowest BCUT2D eigenvalue weighted by Gasteiger charge is -2.17. The minimum Gasteiger partial charge on any atom is -0.508 e. The number of rotatable bonds is 7. The van der Waals surface area contributed by atoms with Crippen LogP contribution in [0, 0.1) is 0 Å². The van der Waals surface area contributed by atoms with Gasteiger partial charge in [-0.2, -0.15) is 0 Å². The Morgan fingerprint density at radius 3 is 1.18 bits per heavy atom. The van der Waals surface area contributed by atoms with Gasteiger partial charge in [0.25, 0.3) is 0 Å². The maximum absolute atomic E-state index is 10.2. The van der Waals surface area contributed by atoms with Gasteiger partial charge in [-0.1, -0.05) is 24.3 Å². The summed E-state index contributed by atoms with van der Waals surface area (Å²) in [6.45, 7) is 0. The summed E-state index contributed by atoms with van der Waals surface area (Å²) in [5.74, 6) is -0.740. The van der Waals surface area contributed by atoms with Gasteiger partial charge in [-0.15, -0.1) is 0 Å². The molecule has 6 heteroatoms. The van der Waals surface area contributed by atoms with E-state index in [1.54, 1.807) is 36.4 Å². The zero-order valence-corrected chi connectivity index (χ0v) is 18.4. The highest BCUT2D eigenvalue weighted by Crippen LogP contribution is 2.40. The highest BCUT2D eigenvalue weighted by atomic mass is 16.3. The van der Waals surface area contributed by atoms with Crippen LogP contribution in [0.25, 0.3) is 11.1 Å². The van der Waals surface area contributed by atoms with Gasteiger partial charge in [-0.05, 0) is 108 Å². The van der Waals surface area contributed by atoms with Crippen LogP contribution in [0.15, 0.2) is 72.8 Å². The van der Waals surface area contributed by atoms with E-state index in [-0.39, 0.29) is 34.5 Å². The van der Waals surface area contributed by atoms with Crippen molar-refractivity contribution in [2.75, 3.05) is 0 Å². The third kappa shape index (κ3) is 5.18. The van der Waals surface area contributed by atoms with Crippen LogP contribution in [0.4, 0.5) is 0 Å². The van der Waals surface area contributed by atoms with Gasteiger partial charge in [0, 0.05) is 0 Å². The number of hydrogen-bond donors (Lipinski definition) is 6. The van der Waals surface area contributed by atoms with Crippen molar-refractivity contribution >= 4 is 0 Å². The number of phenols is 6. The van der Waals surface area contributed by atoms with E-state index in [0.717, 1.165) is 22.3 Å². The topological polar surface area (TPSA) is 121 Å². The Labute approximate surface area is 197 Å². The highest BCUT2D eigenvalue weighted by Gasteiger charge is 2.17. The van der Waals surface area contributed by atoms with Gasteiger partial charge >= 0.3 is 0 Å². The summed E-state index contributed by atoms with van der Waals surface area (Å²) in [5.41, 5.74) is 4.55. The lowest BCUT2D eigenvalue weighted by Crippen LogP contribution is -1.99. The van der Waals surface area contributed by atoms with E-state index in [0.29, 0.717) is 36.8 Å². The second-order valence-corrected chi connectivity index (χ2v) is 8.34. The van der Waals surface area contributed by atoms with E-state index >= 15 is 0 Å². The molecular weight excluding hydrogens is 432 g/mol. The third-order valence-corrected chi connectivity index (χ3v) is 5.88. The molecule has 0 saturated heterocycles. The van der Waals surface area contributed by atoms with Crippen molar-refractivity contribution in [3.63, 3.8) is 0 Å². The molecule has 0 fully saturated rings. The van der Waals surface area contributed by atoms with Crippen LogP contribution in [-0.2, 0) is 25.7 Å². The predicted octanol–water partition coefficient (Wildman–Crippen LogP) is 5.16. The fourth-order valence-corrected chi connectivity index (χ4v) is 4.14. The Morgan fingerprint density at radius 1 is 0.412 bits per heavy atom. The molecule has 0 amide bonds. The number of aromatic hydroxyl groups is 6. The molecule has 0 spiro atoms. The maximum atomic E-state index is 10.2. The largest absolute Gasteiger partial charge is 0.508 e. The molecule has 4 aromatic rings. The molecule has 0 radical (unpaired) electrons. The maximum Gasteiger partial charge on any atom is 0.158 e. The number of aryl methyl sites for hydroxylation is 4. The molecule has 174 valence electrons. The lowest BCUT2D eigenvalue weighted by molar-refractivity contribution is 0.402. The average Bonchev–Trinajstić information content (AvgIpc) is 2.80. The molecule has 0 heterocycles. The first-order valence-corrected chi connectivity index (χ1v) is 11.0. The van der Waals surface area contributed by atoms with Crippen LogP contribution >= 0.6 is 0 Å². The van der Waals surface area contributed by atoms with Crippen molar-refractivity contribution in [3.05, 3.63) is 95.1 Å². The van der Waals surface area contributed by atoms with E-state index < -0.39 is 0 Å². The van der Waals surface area contributed by atoms with Crippen LogP contribution in [0.5, 0.6) is 34.5 Å². The Morgan fingerprint density at radius 2 is 0.794 bits per heavy atom. The van der Waals surface area contributed by atoms with Gasteiger partial charge in [0.15, 0.2) is 23.0 Å². The number of phenolic OH excluding ortho intramolecular Hbond substituents is 6. The Balaban J connectivity index is 1.72. The molecule has 0 aliphatic rings. The van der Waals surface area contributed by atoms with Crippen LogP contribution < -0.4 is 0 Å². The molecule has 0 atom stereocenters. The summed E-state index contributed by atoms with van der Waals surface area (Å²) in [7, 11) is 0. The van der Waals surface area contributed by atoms with Crippen molar-refractivity contribution in [2.24, 2.45) is 0 Å². The first-order valence-electron chi connectivity index (χ1n) is 11.0. The van der Waals surface area contributed by atoms with E-state index in [4.69, 9.17) is 0 Å². The van der Waals surface area contributed by atoms with E-state index in [9.17, 15) is 30.6 Å². The normalized spacial score (nSPS) is 10.9. The molecule has 34 heavy (non-hydrogen) atoms. The SMILES string of the molecule is Oc1cccc(CCc2cc(O)c(O)cc2-c2cc(O)c(O)cc2CCc2cccc(O)c2)c1. The van der Waals surface area contributed by atoms with Gasteiger partial charge in [0.05, 0.1) is 0 Å². The number of benzene rings is 4. The average molecular weight is 459 g/mol. The standard InChI is InChI=1S/C28H26O6/c29-21-5-1-3-17(11-21)7-9-19-13-25(31)27(33)15-23(19)24-16-28(34)26(32)14-20(24)10-8-18-4-2-6-22(30)12-18/h1-6,11-16,29-34H,7-10H2. The Bertz CT molecular complexity index is 1230. The summed E-state index contributed by atoms with van der Waals surface area (Å²) in [5, 5.41) is 60.3. The highest BCUT2D eigenvalue weighted by molar-refractivity contribution is 5.76. The Hall–Kier alpha value is -4.32. The molecule has 0 unspecified atom stereocenters. The van der Waals surface area contributed by atoms with Gasteiger partial charge in [-0.3, -0.25) is 0 Å². The molecule has 4 aromatic carbocycles. The number of hydrogen-bond acceptors (Lipinski definition) is 6. The van der Waals surface area contributed by atoms with Crippen molar-refractivity contribution < 1.29 is 30.6 Å². The summed E-state index contributed by atoms with van der Waals surface area (Å²) < 4.78 is 0. The molecule has 0 aliphatic carbocycles. The van der Waals surface area contributed by atoms with E-state index in [1.165, 1.54) is 24.3 Å². The van der Waals surface area contributed by atoms with Crippen molar-refractivity contribution in [1.29, 1.82) is 0 Å². The molecule has 6 nitrogen and oxygen atoms in total. The second kappa shape index (κ2) is 9.67. The van der Waals surface area contributed by atoms with Crippen molar-refractivity contribution in [2.45, 2.75) is 25.7 Å². The molecule has 6 N–H and O–H groups in total. The Kier molecular flexibility index (Phi) is 6.50. The van der Waals surface area contributed by atoms with Gasteiger partial charge < -0.3 is 30.6 Å². The minimum absolute atomic E-state index is 0.170. The molecular formula is C28H26O6. The zero-order valence-electron chi connectivity index (χ0n) is 18.4. The zero-order chi connectivity index (χ0) is 24.2. The van der Waals surface area contributed by atoms with Crippen LogP contribution in [0.3, 0.4) is 0 Å². The molecule has 4 rings (SSSR count). The second-order valence-electron chi connectivity index (χ2n) is 8.34. The van der Waals surface area contributed by atoms with E-state index in [1.807, 2.05) is 12.1 Å². The first-order chi connectivity index (χ1) is 16.3. The predicted molar refractivity (Wildman–Crippen MR) is 130 cm³/mol. The van der Waals surface area contributed by atoms with E-state index in [2.05, 4.69) is 0 Å². The molecule has 0 aliphatic heterocycles. The van der Waals surface area contributed by atoms with Gasteiger partial charge in [-0.25, -0.2) is 0 Å². The smallest absolute Gasteiger partial charge is 0.158 e. The van der Waals surface area contributed by atoms with Crippen molar-refractivity contribution in [1.82, 2.24) is 0 Å². The van der Waals surface area contributed by atoms with Crippen molar-refractivity contribution in [3.8, 4) is 45.6 Å². The summed E-state index contributed by atoms with van der Waals surface area (Å²) >= 11 is 0. The molecule has 0 saturated carbocycles. The monoisotopic (exact) mass is 458 g/mol. The lowest BCUT2D eigenvalue weighted by atomic mass is 9.89. The van der Waals surface area contributed by atoms with Crippen LogP contribution in [0.2, 0.25) is 0 Å². The fraction of sp³-hybridized carbons (Fsp3) is 0.143. The molecule has 0 bridgehead atoms. The summed E-state index contributed by atoms with van der Waals surface area (Å²) in [6.07, 6.45) is 2.16. The van der Waals surface area contributed by atoms with Crippen LogP contribution in [-0.4, -0.2) is 30.6 Å². The summed E-state index contributed by atoms with van der Waals surface area (Å²) in [4.78, 5) is 0. The van der Waals surface area contributed by atoms with Gasteiger partial charge in [0.1, 0.15) is 11.5 Å². The quantitative estimate of drug-likeness (QED) is 0.213. The summed E-state index contributed by atoms with van der Waals surface area (Å²) in [6, 6.07) is 19.8. The molecule has 0 aromatic heterocycles. The minimum atomic E-state index is -0.289.